The average Bonchev–Trinajstić information content (AvgIpc) is 3.42. The highest BCUT2D eigenvalue weighted by Gasteiger charge is 2.25. The molecule has 4 atom stereocenters. The number of aliphatic hydroxyl groups excluding tert-OH is 1. The summed E-state index contributed by atoms with van der Waals surface area (Å²) in [5.74, 6) is -0.429. The van der Waals surface area contributed by atoms with Gasteiger partial charge in [-0.15, -0.1) is 0 Å². The summed E-state index contributed by atoms with van der Waals surface area (Å²) in [5.41, 5.74) is 2.23. The van der Waals surface area contributed by atoms with Crippen LogP contribution in [0.1, 0.15) is 52.0 Å². The smallest absolute Gasteiger partial charge is 0.309 e. The zero-order chi connectivity index (χ0) is 28.6. The number of halogens is 1. The highest BCUT2D eigenvalue weighted by Crippen LogP contribution is 2.26. The molecule has 2 aliphatic rings. The van der Waals surface area contributed by atoms with E-state index in [-0.39, 0.29) is 30.6 Å². The van der Waals surface area contributed by atoms with Crippen molar-refractivity contribution in [1.29, 1.82) is 0 Å². The molecule has 1 saturated heterocycles. The summed E-state index contributed by atoms with van der Waals surface area (Å²) in [4.78, 5) is 29.2. The normalized spacial score (nSPS) is 26.0. The summed E-state index contributed by atoms with van der Waals surface area (Å²) in [7, 11) is 0. The van der Waals surface area contributed by atoms with E-state index in [4.69, 9.17) is 4.74 Å². The van der Waals surface area contributed by atoms with Crippen LogP contribution in [0.2, 0.25) is 0 Å². The number of hydrogen-bond donors (Lipinski definition) is 1. The highest BCUT2D eigenvalue weighted by atomic mass is 19.1. The number of rotatable bonds is 5. The van der Waals surface area contributed by atoms with Gasteiger partial charge in [0, 0.05) is 50.2 Å². The minimum Gasteiger partial charge on any atom is -0.457 e. The van der Waals surface area contributed by atoms with Gasteiger partial charge in [0.1, 0.15) is 18.5 Å². The zero-order valence-corrected chi connectivity index (χ0v) is 23.7. The van der Waals surface area contributed by atoms with E-state index in [9.17, 15) is 19.1 Å². The van der Waals surface area contributed by atoms with Crippen LogP contribution in [0.25, 0.3) is 6.08 Å². The van der Waals surface area contributed by atoms with Gasteiger partial charge in [0.15, 0.2) is 0 Å². The van der Waals surface area contributed by atoms with Gasteiger partial charge in [-0.25, -0.2) is 4.39 Å². The molecule has 0 spiro atoms. The summed E-state index contributed by atoms with van der Waals surface area (Å²) in [5, 5.41) is 14.4. The Kier molecular flexibility index (Phi) is 10.1. The summed E-state index contributed by atoms with van der Waals surface area (Å²) in [6, 6.07) is 6.70. The van der Waals surface area contributed by atoms with Crippen molar-refractivity contribution in [2.75, 3.05) is 31.1 Å². The first kappa shape index (κ1) is 29.5. The van der Waals surface area contributed by atoms with Crippen LogP contribution >= 0.6 is 0 Å². The number of amides is 1. The van der Waals surface area contributed by atoms with Crippen LogP contribution in [0, 0.1) is 17.7 Å². The highest BCUT2D eigenvalue weighted by molar-refractivity contribution is 5.76. The van der Waals surface area contributed by atoms with Gasteiger partial charge in [0.05, 0.1) is 12.5 Å². The van der Waals surface area contributed by atoms with E-state index >= 15 is 0 Å². The maximum atomic E-state index is 14.8. The quantitative estimate of drug-likeness (QED) is 0.436. The molecule has 4 rings (SSSR count). The van der Waals surface area contributed by atoms with Crippen molar-refractivity contribution in [2.45, 2.75) is 65.2 Å². The third-order valence-electron chi connectivity index (χ3n) is 7.71. The van der Waals surface area contributed by atoms with Gasteiger partial charge in [0.2, 0.25) is 5.91 Å². The number of benzene rings is 1. The van der Waals surface area contributed by atoms with Gasteiger partial charge >= 0.3 is 5.97 Å². The Hall–Kier alpha value is -3.46. The third kappa shape index (κ3) is 8.27. The third-order valence-corrected chi connectivity index (χ3v) is 7.71. The van der Waals surface area contributed by atoms with E-state index in [2.05, 4.69) is 29.1 Å². The van der Waals surface area contributed by atoms with Gasteiger partial charge in [-0.1, -0.05) is 32.1 Å². The lowest BCUT2D eigenvalue weighted by molar-refractivity contribution is -0.151. The predicted octanol–water partition coefficient (Wildman–Crippen LogP) is 4.45. The van der Waals surface area contributed by atoms with E-state index in [0.29, 0.717) is 44.1 Å². The van der Waals surface area contributed by atoms with E-state index in [1.807, 2.05) is 30.9 Å². The molecule has 0 aliphatic carbocycles. The first-order valence-electron chi connectivity index (χ1n) is 14.2. The number of anilines is 1. The number of esters is 1. The molecule has 0 radical (unpaired) electrons. The standard InChI is InChI=1S/C31H41FN4O4/c1-22-6-4-7-23(2)31(40-30(39)20-28(37)9-8-22)24(3)16-25-17-26(32)19-27(18-25)34-12-14-35(15-13-34)29(38)21-36-11-5-10-33-36/h4-5,7,10-11,16-19,22-23,28,31,37H,6,8-9,12-15,20-21H2,1-3H3/b7-4+,24-16+/t22-,23+,28-,31+/m1/s1. The van der Waals surface area contributed by atoms with E-state index in [1.165, 1.54) is 12.1 Å². The van der Waals surface area contributed by atoms with Crippen molar-refractivity contribution in [3.63, 3.8) is 0 Å². The number of aliphatic hydroxyl groups is 1. The number of hydrogen-bond acceptors (Lipinski definition) is 6. The molecule has 1 aromatic carbocycles. The number of ether oxygens (including phenoxy) is 1. The fourth-order valence-corrected chi connectivity index (χ4v) is 5.37. The molecule has 216 valence electrons. The molecule has 0 bridgehead atoms. The molecule has 0 saturated carbocycles. The van der Waals surface area contributed by atoms with Crippen LogP contribution in [-0.4, -0.2) is 70.1 Å². The first-order chi connectivity index (χ1) is 19.2. The lowest BCUT2D eigenvalue weighted by atomic mass is 9.93. The number of allylic oxidation sites excluding steroid dienone is 1. The van der Waals surface area contributed by atoms with Crippen LogP contribution in [0.3, 0.4) is 0 Å². The fraction of sp³-hybridized carbons (Fsp3) is 0.516. The number of cyclic esters (lactones) is 1. The van der Waals surface area contributed by atoms with Crippen LogP contribution in [0.15, 0.2) is 54.4 Å². The monoisotopic (exact) mass is 552 g/mol. The average molecular weight is 553 g/mol. The summed E-state index contributed by atoms with van der Waals surface area (Å²) >= 11 is 0. The zero-order valence-electron chi connectivity index (χ0n) is 23.7. The van der Waals surface area contributed by atoms with Crippen molar-refractivity contribution in [3.8, 4) is 0 Å². The van der Waals surface area contributed by atoms with Crippen LogP contribution in [-0.2, 0) is 20.9 Å². The van der Waals surface area contributed by atoms with Gasteiger partial charge in [0.25, 0.3) is 0 Å². The SMILES string of the molecule is C/C(=C\c1cc(F)cc(N2CCN(C(=O)Cn3cccn3)CC2)c1)[C@H]1OC(=O)C[C@H](O)CC[C@H](C)C/C=C/[C@@H]1C. The Morgan fingerprint density at radius 2 is 1.95 bits per heavy atom. The Balaban J connectivity index is 1.46. The molecule has 1 fully saturated rings. The largest absolute Gasteiger partial charge is 0.457 e. The lowest BCUT2D eigenvalue weighted by Crippen LogP contribution is -2.49. The predicted molar refractivity (Wildman–Crippen MR) is 153 cm³/mol. The topological polar surface area (TPSA) is 87.9 Å². The molecule has 9 heteroatoms. The molecule has 1 amide bonds. The molecule has 0 unspecified atom stereocenters. The Bertz CT molecular complexity index is 1200. The van der Waals surface area contributed by atoms with Crippen LogP contribution in [0.5, 0.6) is 0 Å². The second kappa shape index (κ2) is 13.7. The van der Waals surface area contributed by atoms with Crippen LogP contribution in [0.4, 0.5) is 10.1 Å². The Labute approximate surface area is 236 Å². The molecule has 1 N–H and O–H groups in total. The van der Waals surface area contributed by atoms with Crippen LogP contribution < -0.4 is 4.90 Å². The van der Waals surface area contributed by atoms with Gasteiger partial charge in [-0.05, 0) is 67.5 Å². The lowest BCUT2D eigenvalue weighted by Gasteiger charge is -2.36. The van der Waals surface area contributed by atoms with Gasteiger partial charge in [-0.3, -0.25) is 14.3 Å². The van der Waals surface area contributed by atoms with Crippen molar-refractivity contribution in [3.05, 3.63) is 65.8 Å². The van der Waals surface area contributed by atoms with Crippen molar-refractivity contribution >= 4 is 23.6 Å². The molecule has 8 nitrogen and oxygen atoms in total. The first-order valence-corrected chi connectivity index (χ1v) is 14.2. The second-order valence-electron chi connectivity index (χ2n) is 11.2. The molecule has 1 aromatic heterocycles. The van der Waals surface area contributed by atoms with Gasteiger partial charge < -0.3 is 19.6 Å². The number of nitrogens with zero attached hydrogens (tertiary/aromatic N) is 4. The second-order valence-corrected chi connectivity index (χ2v) is 11.2. The maximum Gasteiger partial charge on any atom is 0.309 e. The summed E-state index contributed by atoms with van der Waals surface area (Å²) in [6.45, 7) is 8.54. The Morgan fingerprint density at radius 3 is 2.67 bits per heavy atom. The molecule has 2 aliphatic heterocycles. The molecule has 2 aromatic rings. The van der Waals surface area contributed by atoms with E-state index < -0.39 is 18.2 Å². The van der Waals surface area contributed by atoms with Crippen molar-refractivity contribution in [1.82, 2.24) is 14.7 Å². The fourth-order valence-electron chi connectivity index (χ4n) is 5.37. The summed E-state index contributed by atoms with van der Waals surface area (Å²) < 4.78 is 22.2. The number of piperazine rings is 1. The van der Waals surface area contributed by atoms with Crippen molar-refractivity contribution < 1.29 is 23.8 Å². The van der Waals surface area contributed by atoms with E-state index in [1.54, 1.807) is 23.1 Å². The number of aromatic nitrogens is 2. The Morgan fingerprint density at radius 1 is 1.18 bits per heavy atom. The maximum absolute atomic E-state index is 14.8. The summed E-state index contributed by atoms with van der Waals surface area (Å²) in [6.07, 6.45) is 10.5. The van der Waals surface area contributed by atoms with Gasteiger partial charge in [-0.2, -0.15) is 5.10 Å². The number of carbonyl (C=O) groups excluding carboxylic acids is 2. The number of carbonyl (C=O) groups is 2. The minimum absolute atomic E-state index is 0.0126. The molecular weight excluding hydrogens is 511 g/mol. The van der Waals surface area contributed by atoms with E-state index in [0.717, 1.165) is 24.1 Å². The minimum atomic E-state index is -0.717. The van der Waals surface area contributed by atoms with Crippen molar-refractivity contribution in [2.24, 2.45) is 11.8 Å². The molecular formula is C31H41FN4O4. The molecule has 3 heterocycles. The molecule has 40 heavy (non-hydrogen) atoms.